The molecular formula is C5H11NO. The topological polar surface area (TPSA) is 43.1 Å². The average Bonchev–Trinajstić information content (AvgIpc) is 1.62. The van der Waals surface area contributed by atoms with Gasteiger partial charge in [-0.15, -0.1) is 0 Å². The molecule has 2 heteroatoms. The number of hydrogen-bond donors (Lipinski definition) is 1. The van der Waals surface area contributed by atoms with Gasteiger partial charge in [0.1, 0.15) is 5.78 Å². The van der Waals surface area contributed by atoms with Crippen molar-refractivity contribution in [3.63, 3.8) is 0 Å². The normalized spacial score (nSPS) is 19.9. The van der Waals surface area contributed by atoms with Crippen molar-refractivity contribution in [1.29, 1.82) is 0 Å². The predicted octanol–water partition coefficient (Wildman–Crippen LogP) is 0.313. The summed E-state index contributed by atoms with van der Waals surface area (Å²) in [6, 6.07) is -0.988. The van der Waals surface area contributed by atoms with Gasteiger partial charge in [0.25, 0.3) is 0 Å². The molecule has 0 saturated carbocycles. The minimum atomic E-state index is -1.59. The Hall–Kier alpha value is -0.370. The maximum absolute atomic E-state index is 10.4. The Balaban J connectivity index is 4.04. The first-order valence-electron chi connectivity index (χ1n) is 3.11. The van der Waals surface area contributed by atoms with Gasteiger partial charge in [0.05, 0.1) is 6.04 Å². The maximum Gasteiger partial charge on any atom is 0.146 e. The van der Waals surface area contributed by atoms with E-state index in [9.17, 15) is 4.79 Å². The van der Waals surface area contributed by atoms with Crippen LogP contribution >= 0.6 is 0 Å². The second-order valence-corrected chi connectivity index (χ2v) is 1.38. The van der Waals surface area contributed by atoms with Crippen molar-refractivity contribution in [3.05, 3.63) is 0 Å². The Morgan fingerprint density at radius 2 is 2.57 bits per heavy atom. The first-order valence-corrected chi connectivity index (χ1v) is 2.11. The van der Waals surface area contributed by atoms with E-state index in [4.69, 9.17) is 8.48 Å². The Morgan fingerprint density at radius 1 is 2.14 bits per heavy atom. The van der Waals surface area contributed by atoms with Crippen LogP contribution in [0.25, 0.3) is 0 Å². The van der Waals surface area contributed by atoms with Gasteiger partial charge in [-0.25, -0.2) is 0 Å². The second kappa shape index (κ2) is 2.75. The van der Waals surface area contributed by atoms with Gasteiger partial charge in [-0.1, -0.05) is 6.92 Å². The second-order valence-electron chi connectivity index (χ2n) is 1.38. The number of rotatable bonds is 2. The molecule has 2 nitrogen and oxygen atoms in total. The van der Waals surface area contributed by atoms with Crippen LogP contribution in [0.4, 0.5) is 0 Å². The van der Waals surface area contributed by atoms with Gasteiger partial charge in [-0.3, -0.25) is 4.79 Å². The highest BCUT2D eigenvalue weighted by Crippen LogP contribution is 1.84. The minimum Gasteiger partial charge on any atom is -0.322 e. The molecule has 0 aromatic rings. The van der Waals surface area contributed by atoms with E-state index < -0.39 is 12.4 Å². The average molecular weight is 103 g/mol. The molecule has 0 rings (SSSR count). The number of ketones is 1. The molecule has 7 heavy (non-hydrogen) atoms. The summed E-state index contributed by atoms with van der Waals surface area (Å²) in [6.45, 7) is 2.57. The zero-order valence-electron chi connectivity index (χ0n) is 6.56. The molecule has 0 aliphatic rings. The molecule has 0 amide bonds. The molecule has 0 spiro atoms. The van der Waals surface area contributed by atoms with E-state index in [1.807, 2.05) is 0 Å². The summed E-state index contributed by atoms with van der Waals surface area (Å²) in [4.78, 5) is 10.4. The highest BCUT2D eigenvalue weighted by molar-refractivity contribution is 5.80. The van der Waals surface area contributed by atoms with Crippen LogP contribution in [0.15, 0.2) is 0 Å². The standard InChI is InChI=1S/C5H11NO/c1-3-5(6)4(2)7/h5H,3,6H2,1-2H3/t5-/m0/s1/i3D2. The number of nitrogens with two attached hydrogens (primary N) is 1. The lowest BCUT2D eigenvalue weighted by Crippen LogP contribution is -2.26. The summed E-state index contributed by atoms with van der Waals surface area (Å²) in [5, 5.41) is 0. The Kier molecular flexibility index (Phi) is 1.42. The molecule has 2 N–H and O–H groups in total. The molecule has 0 aromatic heterocycles. The molecule has 0 bridgehead atoms. The fourth-order valence-corrected chi connectivity index (χ4v) is 0.203. The van der Waals surface area contributed by atoms with Crippen LogP contribution in [-0.4, -0.2) is 11.8 Å². The molecule has 0 saturated heterocycles. The highest BCUT2D eigenvalue weighted by Gasteiger charge is 2.01. The van der Waals surface area contributed by atoms with Crippen LogP contribution in [0.2, 0.25) is 0 Å². The van der Waals surface area contributed by atoms with E-state index in [1.54, 1.807) is 0 Å². The van der Waals surface area contributed by atoms with Crippen LogP contribution < -0.4 is 5.73 Å². The molecule has 0 unspecified atom stereocenters. The fourth-order valence-electron chi connectivity index (χ4n) is 0.203. The van der Waals surface area contributed by atoms with Crippen molar-refractivity contribution in [1.82, 2.24) is 0 Å². The third-order valence-electron chi connectivity index (χ3n) is 0.749. The van der Waals surface area contributed by atoms with Gasteiger partial charge < -0.3 is 5.73 Å². The van der Waals surface area contributed by atoms with E-state index in [0.29, 0.717) is 0 Å². The van der Waals surface area contributed by atoms with Crippen LogP contribution in [0.3, 0.4) is 0 Å². The molecular weight excluding hydrogens is 90.1 g/mol. The molecule has 0 heterocycles. The summed E-state index contributed by atoms with van der Waals surface area (Å²) in [6.07, 6.45) is -1.59. The zero-order valence-corrected chi connectivity index (χ0v) is 4.56. The number of Topliss-reactive ketones (excluding diaryl/α,β-unsaturated/α-hetero) is 1. The van der Waals surface area contributed by atoms with Crippen molar-refractivity contribution < 1.29 is 7.54 Å². The number of hydrogen-bond acceptors (Lipinski definition) is 2. The van der Waals surface area contributed by atoms with Crippen molar-refractivity contribution in [3.8, 4) is 0 Å². The summed E-state index contributed by atoms with van der Waals surface area (Å²) in [5.41, 5.74) is 5.17. The minimum absolute atomic E-state index is 0.317. The summed E-state index contributed by atoms with van der Waals surface area (Å²) < 4.78 is 14.0. The number of carbonyl (C=O) groups is 1. The van der Waals surface area contributed by atoms with Crippen LogP contribution in [0, 0.1) is 0 Å². The van der Waals surface area contributed by atoms with Crippen molar-refractivity contribution in [2.45, 2.75) is 26.3 Å². The molecule has 1 atom stereocenters. The van der Waals surface area contributed by atoms with Gasteiger partial charge in [-0.05, 0) is 13.3 Å². The monoisotopic (exact) mass is 103 g/mol. The lowest BCUT2D eigenvalue weighted by atomic mass is 10.2. The van der Waals surface area contributed by atoms with Gasteiger partial charge in [0.2, 0.25) is 0 Å². The van der Waals surface area contributed by atoms with E-state index in [-0.39, 0.29) is 5.78 Å². The lowest BCUT2D eigenvalue weighted by Gasteiger charge is -1.99. The lowest BCUT2D eigenvalue weighted by molar-refractivity contribution is -0.118. The third kappa shape index (κ3) is 2.34. The first-order chi connectivity index (χ1) is 3.85. The highest BCUT2D eigenvalue weighted by atomic mass is 16.1. The molecule has 0 aliphatic heterocycles. The van der Waals surface area contributed by atoms with Gasteiger partial charge >= 0.3 is 0 Å². The summed E-state index contributed by atoms with van der Waals surface area (Å²) in [5.74, 6) is -0.317. The summed E-state index contributed by atoms with van der Waals surface area (Å²) in [7, 11) is 0. The third-order valence-corrected chi connectivity index (χ3v) is 0.749. The molecule has 0 aromatic carbocycles. The quantitative estimate of drug-likeness (QED) is 0.546. The Labute approximate surface area is 46.5 Å². The molecule has 0 aliphatic carbocycles. The SMILES string of the molecule is [2H]C([2H])(C)[C@H](N)C(C)=O. The zero-order chi connectivity index (χ0) is 7.65. The van der Waals surface area contributed by atoms with Gasteiger partial charge in [0.15, 0.2) is 0 Å². The van der Waals surface area contributed by atoms with E-state index in [0.717, 1.165) is 0 Å². The van der Waals surface area contributed by atoms with E-state index >= 15 is 0 Å². The molecule has 0 fully saturated rings. The number of carbonyl (C=O) groups excluding carboxylic acids is 1. The molecule has 0 radical (unpaired) electrons. The van der Waals surface area contributed by atoms with Crippen LogP contribution in [0.1, 0.15) is 23.0 Å². The van der Waals surface area contributed by atoms with Crippen molar-refractivity contribution in [2.24, 2.45) is 5.73 Å². The van der Waals surface area contributed by atoms with Crippen LogP contribution in [0.5, 0.6) is 0 Å². The van der Waals surface area contributed by atoms with Crippen molar-refractivity contribution in [2.75, 3.05) is 0 Å². The van der Waals surface area contributed by atoms with Gasteiger partial charge in [-0.2, -0.15) is 0 Å². The predicted molar refractivity (Wildman–Crippen MR) is 28.9 cm³/mol. The van der Waals surface area contributed by atoms with E-state index in [1.165, 1.54) is 13.8 Å². The Morgan fingerprint density at radius 3 is 2.57 bits per heavy atom. The van der Waals surface area contributed by atoms with Crippen molar-refractivity contribution >= 4 is 5.78 Å². The van der Waals surface area contributed by atoms with Crippen LogP contribution in [-0.2, 0) is 4.79 Å². The first kappa shape index (κ1) is 3.61. The smallest absolute Gasteiger partial charge is 0.146 e. The van der Waals surface area contributed by atoms with E-state index in [2.05, 4.69) is 0 Å². The molecule has 42 valence electrons. The fraction of sp³-hybridized carbons (Fsp3) is 0.800. The largest absolute Gasteiger partial charge is 0.322 e. The summed E-state index contributed by atoms with van der Waals surface area (Å²) >= 11 is 0. The maximum atomic E-state index is 10.4. The van der Waals surface area contributed by atoms with Gasteiger partial charge in [0, 0.05) is 2.74 Å². The Bertz CT molecular complexity index is 119.